The highest BCUT2D eigenvalue weighted by Gasteiger charge is 2.13. The van der Waals surface area contributed by atoms with Crippen molar-refractivity contribution in [2.45, 2.75) is 0 Å². The normalized spacial score (nSPS) is 10.7. The van der Waals surface area contributed by atoms with Crippen LogP contribution in [0, 0.1) is 0 Å². The van der Waals surface area contributed by atoms with Crippen LogP contribution in [0.1, 0.15) is 20.8 Å². The third kappa shape index (κ3) is 3.45. The smallest absolute Gasteiger partial charge is 0.354 e. The highest BCUT2D eigenvalue weighted by atomic mass is 32.1. The summed E-state index contributed by atoms with van der Waals surface area (Å²) in [5.41, 5.74) is 2.33. The van der Waals surface area contributed by atoms with Crippen molar-refractivity contribution in [2.75, 3.05) is 12.4 Å². The van der Waals surface area contributed by atoms with Gasteiger partial charge in [0.2, 0.25) is 0 Å². The fraction of sp³-hybridized carbons (Fsp3) is 0.0500. The summed E-state index contributed by atoms with van der Waals surface area (Å²) in [4.78, 5) is 31.3. The molecule has 0 aliphatic heterocycles. The number of nitrogens with zero attached hydrogens (tertiary/aromatic N) is 1. The van der Waals surface area contributed by atoms with Crippen molar-refractivity contribution in [3.05, 3.63) is 71.4 Å². The van der Waals surface area contributed by atoms with E-state index in [1.807, 2.05) is 41.8 Å². The van der Waals surface area contributed by atoms with Gasteiger partial charge in [-0.05, 0) is 29.0 Å². The summed E-state index contributed by atoms with van der Waals surface area (Å²) in [5.74, 6) is -0.660. The molecular weight excluding hydrogens is 362 g/mol. The number of ether oxygens (including phenoxy) is 1. The SMILES string of the molecule is COC(=O)c1cc(-c2csc(NC(=O)c3ccc4ccccc4c3)n2)c[nH]1. The molecule has 0 bridgehead atoms. The largest absolute Gasteiger partial charge is 0.464 e. The van der Waals surface area contributed by atoms with Crippen LogP contribution in [0.15, 0.2) is 60.1 Å². The van der Waals surface area contributed by atoms with Gasteiger partial charge in [0.25, 0.3) is 5.91 Å². The predicted molar refractivity (Wildman–Crippen MR) is 105 cm³/mol. The molecule has 0 aliphatic rings. The number of carbonyl (C=O) groups excluding carboxylic acids is 2. The lowest BCUT2D eigenvalue weighted by atomic mass is 10.1. The van der Waals surface area contributed by atoms with Gasteiger partial charge in [0.1, 0.15) is 5.69 Å². The van der Waals surface area contributed by atoms with Crippen molar-refractivity contribution < 1.29 is 14.3 Å². The third-order valence-corrected chi connectivity index (χ3v) is 4.88. The Bertz CT molecular complexity index is 1150. The number of aromatic nitrogens is 2. The summed E-state index contributed by atoms with van der Waals surface area (Å²) >= 11 is 1.32. The summed E-state index contributed by atoms with van der Waals surface area (Å²) in [7, 11) is 1.33. The summed E-state index contributed by atoms with van der Waals surface area (Å²) in [5, 5.41) is 7.22. The van der Waals surface area contributed by atoms with Crippen LogP contribution in [-0.2, 0) is 4.74 Å². The highest BCUT2D eigenvalue weighted by Crippen LogP contribution is 2.26. The van der Waals surface area contributed by atoms with E-state index in [0.29, 0.717) is 22.1 Å². The zero-order valence-electron chi connectivity index (χ0n) is 14.4. The number of hydrogen-bond donors (Lipinski definition) is 2. The molecule has 1 amide bonds. The second-order valence-electron chi connectivity index (χ2n) is 5.85. The lowest BCUT2D eigenvalue weighted by molar-refractivity contribution is 0.0594. The number of benzene rings is 2. The number of anilines is 1. The average Bonchev–Trinajstić information content (AvgIpc) is 3.36. The maximum atomic E-state index is 12.5. The minimum atomic E-state index is -0.443. The van der Waals surface area contributed by atoms with Crippen LogP contribution < -0.4 is 5.32 Å². The van der Waals surface area contributed by atoms with E-state index >= 15 is 0 Å². The Kier molecular flexibility index (Phi) is 4.43. The Labute approximate surface area is 158 Å². The van der Waals surface area contributed by atoms with Gasteiger partial charge in [0.05, 0.1) is 12.8 Å². The van der Waals surface area contributed by atoms with Gasteiger partial charge in [-0.3, -0.25) is 10.1 Å². The van der Waals surface area contributed by atoms with Crippen LogP contribution in [0.2, 0.25) is 0 Å². The van der Waals surface area contributed by atoms with E-state index in [2.05, 4.69) is 20.0 Å². The molecule has 4 aromatic rings. The summed E-state index contributed by atoms with van der Waals surface area (Å²) in [6, 6.07) is 15.1. The Balaban J connectivity index is 1.52. The lowest BCUT2D eigenvalue weighted by Crippen LogP contribution is -2.11. The number of H-pyrrole nitrogens is 1. The number of nitrogens with one attached hydrogen (secondary N) is 2. The van der Waals surface area contributed by atoms with E-state index in [1.165, 1.54) is 18.4 Å². The van der Waals surface area contributed by atoms with Gasteiger partial charge in [0.15, 0.2) is 5.13 Å². The molecule has 2 aromatic heterocycles. The van der Waals surface area contributed by atoms with E-state index in [4.69, 9.17) is 0 Å². The minimum Gasteiger partial charge on any atom is -0.464 e. The molecule has 0 aliphatic carbocycles. The molecule has 7 heteroatoms. The molecule has 27 heavy (non-hydrogen) atoms. The molecule has 2 aromatic carbocycles. The Morgan fingerprint density at radius 2 is 1.93 bits per heavy atom. The molecule has 2 heterocycles. The molecule has 0 radical (unpaired) electrons. The molecule has 0 saturated heterocycles. The van der Waals surface area contributed by atoms with E-state index < -0.39 is 5.97 Å². The first kappa shape index (κ1) is 17.0. The van der Waals surface area contributed by atoms with E-state index in [0.717, 1.165) is 16.3 Å². The quantitative estimate of drug-likeness (QED) is 0.519. The van der Waals surface area contributed by atoms with Gasteiger partial charge >= 0.3 is 5.97 Å². The Hall–Kier alpha value is -3.45. The number of hydrogen-bond acceptors (Lipinski definition) is 5. The first-order valence-corrected chi connectivity index (χ1v) is 9.05. The fourth-order valence-electron chi connectivity index (χ4n) is 2.73. The van der Waals surface area contributed by atoms with Crippen molar-refractivity contribution in [3.8, 4) is 11.3 Å². The number of amides is 1. The van der Waals surface area contributed by atoms with Crippen LogP contribution in [0.4, 0.5) is 5.13 Å². The van der Waals surface area contributed by atoms with E-state index in [-0.39, 0.29) is 5.91 Å². The molecule has 0 spiro atoms. The van der Waals surface area contributed by atoms with Crippen molar-refractivity contribution in [3.63, 3.8) is 0 Å². The lowest BCUT2D eigenvalue weighted by Gasteiger charge is -2.03. The van der Waals surface area contributed by atoms with Crippen LogP contribution in [0.3, 0.4) is 0 Å². The minimum absolute atomic E-state index is 0.217. The number of fused-ring (bicyclic) bond motifs is 1. The first-order valence-electron chi connectivity index (χ1n) is 8.17. The Morgan fingerprint density at radius 1 is 1.11 bits per heavy atom. The number of rotatable bonds is 4. The summed E-state index contributed by atoms with van der Waals surface area (Å²) in [6.07, 6.45) is 1.68. The van der Waals surface area contributed by atoms with Crippen molar-refractivity contribution in [2.24, 2.45) is 0 Å². The maximum Gasteiger partial charge on any atom is 0.354 e. The van der Waals surface area contributed by atoms with Gasteiger partial charge < -0.3 is 9.72 Å². The van der Waals surface area contributed by atoms with Gasteiger partial charge in [-0.25, -0.2) is 9.78 Å². The summed E-state index contributed by atoms with van der Waals surface area (Å²) < 4.78 is 4.68. The second-order valence-corrected chi connectivity index (χ2v) is 6.71. The fourth-order valence-corrected chi connectivity index (χ4v) is 3.45. The number of aromatic amines is 1. The van der Waals surface area contributed by atoms with Crippen LogP contribution in [-0.4, -0.2) is 29.0 Å². The van der Waals surface area contributed by atoms with E-state index in [1.54, 1.807) is 18.3 Å². The molecule has 4 rings (SSSR count). The summed E-state index contributed by atoms with van der Waals surface area (Å²) in [6.45, 7) is 0. The second kappa shape index (κ2) is 7.05. The first-order chi connectivity index (χ1) is 13.1. The van der Waals surface area contributed by atoms with E-state index in [9.17, 15) is 9.59 Å². The third-order valence-electron chi connectivity index (χ3n) is 4.12. The van der Waals surface area contributed by atoms with Crippen LogP contribution in [0.5, 0.6) is 0 Å². The molecule has 0 unspecified atom stereocenters. The predicted octanol–water partition coefficient (Wildman–Crippen LogP) is 4.33. The average molecular weight is 377 g/mol. The standard InChI is InChI=1S/C20H15N3O3S/c1-26-19(25)16-9-15(10-21-16)17-11-27-20(22-17)23-18(24)14-7-6-12-4-2-3-5-13(12)8-14/h2-11,21H,1H3,(H,22,23,24). The van der Waals surface area contributed by atoms with Gasteiger partial charge in [-0.1, -0.05) is 30.3 Å². The van der Waals surface area contributed by atoms with Crippen LogP contribution >= 0.6 is 11.3 Å². The van der Waals surface area contributed by atoms with Gasteiger partial charge in [0, 0.05) is 22.7 Å². The van der Waals surface area contributed by atoms with Crippen molar-refractivity contribution >= 4 is 39.1 Å². The van der Waals surface area contributed by atoms with Crippen molar-refractivity contribution in [1.82, 2.24) is 9.97 Å². The molecule has 2 N–H and O–H groups in total. The van der Waals surface area contributed by atoms with Gasteiger partial charge in [-0.2, -0.15) is 0 Å². The zero-order valence-corrected chi connectivity index (χ0v) is 15.2. The Morgan fingerprint density at radius 3 is 2.74 bits per heavy atom. The molecule has 0 saturated carbocycles. The van der Waals surface area contributed by atoms with Crippen molar-refractivity contribution in [1.29, 1.82) is 0 Å². The number of methoxy groups -OCH3 is 1. The monoisotopic (exact) mass is 377 g/mol. The molecule has 0 fully saturated rings. The highest BCUT2D eigenvalue weighted by molar-refractivity contribution is 7.14. The number of carbonyl (C=O) groups is 2. The van der Waals surface area contributed by atoms with Gasteiger partial charge in [-0.15, -0.1) is 11.3 Å². The molecule has 6 nitrogen and oxygen atoms in total. The van der Waals surface area contributed by atoms with Crippen LogP contribution in [0.25, 0.3) is 22.0 Å². The molecular formula is C20H15N3O3S. The zero-order chi connectivity index (χ0) is 18.8. The topological polar surface area (TPSA) is 84.1 Å². The molecule has 0 atom stereocenters. The number of esters is 1. The maximum absolute atomic E-state index is 12.5. The molecule has 134 valence electrons. The number of thiazole rings is 1.